The number of hydrogen-bond acceptors (Lipinski definition) is 6. The van der Waals surface area contributed by atoms with Crippen LogP contribution in [0.3, 0.4) is 0 Å². The molecule has 3 amide bonds. The molecule has 2 aliphatic heterocycles. The molecule has 1 aromatic carbocycles. The van der Waals surface area contributed by atoms with Gasteiger partial charge in [0.2, 0.25) is 5.91 Å². The fourth-order valence-electron chi connectivity index (χ4n) is 5.12. The number of amides is 3. The minimum Gasteiger partial charge on any atom is -0.508 e. The van der Waals surface area contributed by atoms with Gasteiger partial charge in [-0.25, -0.2) is 0 Å². The van der Waals surface area contributed by atoms with Gasteiger partial charge < -0.3 is 15.0 Å². The molecule has 3 heterocycles. The van der Waals surface area contributed by atoms with Crippen molar-refractivity contribution in [2.45, 2.75) is 70.7 Å². The minimum atomic E-state index is -0.308. The van der Waals surface area contributed by atoms with Gasteiger partial charge in [-0.3, -0.25) is 24.2 Å². The summed E-state index contributed by atoms with van der Waals surface area (Å²) in [5.74, 6) is -0.275. The molecule has 0 unspecified atom stereocenters. The van der Waals surface area contributed by atoms with E-state index in [9.17, 15) is 19.5 Å². The summed E-state index contributed by atoms with van der Waals surface area (Å²) in [5, 5.41) is 13.6. The Bertz CT molecular complexity index is 1220. The van der Waals surface area contributed by atoms with Crippen molar-refractivity contribution in [2.24, 2.45) is 5.41 Å². The molecule has 0 saturated carbocycles. The summed E-state index contributed by atoms with van der Waals surface area (Å²) in [7, 11) is 0. The Morgan fingerprint density at radius 2 is 1.71 bits per heavy atom. The van der Waals surface area contributed by atoms with Crippen LogP contribution in [0, 0.1) is 5.41 Å². The van der Waals surface area contributed by atoms with Crippen molar-refractivity contribution in [3.63, 3.8) is 0 Å². The number of nitrogens with zero attached hydrogens (tertiary/aromatic N) is 3. The van der Waals surface area contributed by atoms with E-state index >= 15 is 0 Å². The van der Waals surface area contributed by atoms with Crippen molar-refractivity contribution >= 4 is 40.4 Å². The molecule has 206 valence electrons. The smallest absolute Gasteiger partial charge is 0.253 e. The maximum absolute atomic E-state index is 12.7. The number of phenolic OH excluding ortho intramolecular Hbond substituents is 1. The highest BCUT2D eigenvalue weighted by Gasteiger charge is 2.26. The van der Waals surface area contributed by atoms with E-state index < -0.39 is 0 Å². The number of aromatic nitrogens is 1. The van der Waals surface area contributed by atoms with Crippen molar-refractivity contribution in [3.8, 4) is 5.75 Å². The molecule has 2 aromatic rings. The molecule has 1 fully saturated rings. The number of carbonyl (C=O) groups is 3. The van der Waals surface area contributed by atoms with Crippen molar-refractivity contribution in [3.05, 3.63) is 35.4 Å². The monoisotopic (exact) mass is 540 g/mol. The van der Waals surface area contributed by atoms with Crippen LogP contribution in [0.1, 0.15) is 58.6 Å². The second-order valence-corrected chi connectivity index (χ2v) is 13.3. The molecule has 0 atom stereocenters. The van der Waals surface area contributed by atoms with Crippen LogP contribution in [0.4, 0.5) is 0 Å². The van der Waals surface area contributed by atoms with Gasteiger partial charge in [0.25, 0.3) is 11.8 Å². The second-order valence-electron chi connectivity index (χ2n) is 11.7. The fourth-order valence-corrected chi connectivity index (χ4v) is 6.08. The van der Waals surface area contributed by atoms with E-state index in [1.165, 1.54) is 33.0 Å². The summed E-state index contributed by atoms with van der Waals surface area (Å²) in [6.45, 7) is 14.7. The predicted octanol–water partition coefficient (Wildman–Crippen LogP) is 4.31. The molecule has 0 spiro atoms. The van der Waals surface area contributed by atoms with Gasteiger partial charge in [0.15, 0.2) is 0 Å². The van der Waals surface area contributed by atoms with Crippen LogP contribution < -0.4 is 0 Å². The third-order valence-corrected chi connectivity index (χ3v) is 8.02. The molecule has 0 radical (unpaired) electrons. The van der Waals surface area contributed by atoms with Gasteiger partial charge in [0, 0.05) is 74.0 Å². The first-order valence-corrected chi connectivity index (χ1v) is 14.4. The summed E-state index contributed by atoms with van der Waals surface area (Å²) >= 11 is 1.83. The Kier molecular flexibility index (Phi) is 8.57. The van der Waals surface area contributed by atoms with E-state index in [-0.39, 0.29) is 29.7 Å². The minimum absolute atomic E-state index is 0.0493. The quantitative estimate of drug-likeness (QED) is 0.363. The highest BCUT2D eigenvalue weighted by Crippen LogP contribution is 2.39. The Labute approximate surface area is 229 Å². The van der Waals surface area contributed by atoms with E-state index in [1.807, 2.05) is 28.8 Å². The lowest BCUT2D eigenvalue weighted by molar-refractivity contribution is -0.138. The zero-order chi connectivity index (χ0) is 27.6. The van der Waals surface area contributed by atoms with Gasteiger partial charge in [-0.15, -0.1) is 11.8 Å². The highest BCUT2D eigenvalue weighted by atomic mass is 32.2. The molecule has 0 aliphatic carbocycles. The maximum Gasteiger partial charge on any atom is 0.253 e. The van der Waals surface area contributed by atoms with Crippen LogP contribution in [0.2, 0.25) is 0 Å². The number of nitrogens with one attached hydrogen (secondary N) is 1. The molecule has 0 bridgehead atoms. The number of thioether (sulfide) groups is 1. The van der Waals surface area contributed by atoms with Gasteiger partial charge in [0.05, 0.1) is 10.5 Å². The lowest BCUT2D eigenvalue weighted by Crippen LogP contribution is -2.48. The predicted molar refractivity (Wildman–Crippen MR) is 151 cm³/mol. The number of benzene rings is 1. The number of aromatic amines is 1. The number of phenols is 1. The van der Waals surface area contributed by atoms with Gasteiger partial charge in [0.1, 0.15) is 5.75 Å². The van der Waals surface area contributed by atoms with Gasteiger partial charge in [-0.2, -0.15) is 0 Å². The first-order valence-electron chi connectivity index (χ1n) is 13.5. The first-order chi connectivity index (χ1) is 17.9. The normalized spacial score (nSPS) is 17.0. The molecule has 2 N–H and O–H groups in total. The third kappa shape index (κ3) is 6.61. The molecular weight excluding hydrogens is 500 g/mol. The summed E-state index contributed by atoms with van der Waals surface area (Å²) in [6.07, 6.45) is 4.26. The van der Waals surface area contributed by atoms with Crippen molar-refractivity contribution < 1.29 is 19.5 Å². The Balaban J connectivity index is 1.39. The number of hydrogen-bond donors (Lipinski definition) is 2. The standard InChI is InChI=1S/C29H40N4O4S/c1-19(2)38-28-21(17-29(3,4)5)20-8-9-23(34)22(27(20)30-28)18-31-13-15-32(16-14-31)24(35)7-6-12-33-25(36)10-11-26(33)37/h8-11,19,30,34H,6-7,12-18H2,1-5H3. The Morgan fingerprint density at radius 3 is 2.32 bits per heavy atom. The zero-order valence-corrected chi connectivity index (χ0v) is 24.0. The zero-order valence-electron chi connectivity index (χ0n) is 23.2. The number of aromatic hydroxyl groups is 1. The number of fused-ring (bicyclic) bond motifs is 1. The van der Waals surface area contributed by atoms with E-state index in [1.54, 1.807) is 0 Å². The molecule has 1 saturated heterocycles. The SMILES string of the molecule is CC(C)Sc1[nH]c2c(CN3CCN(C(=O)CCCN4C(=O)C=CC4=O)CC3)c(O)ccc2c1CC(C)(C)C. The van der Waals surface area contributed by atoms with Gasteiger partial charge in [-0.1, -0.05) is 34.6 Å². The number of piperazine rings is 1. The number of H-pyrrole nitrogens is 1. The van der Waals surface area contributed by atoms with E-state index in [0.29, 0.717) is 43.5 Å². The van der Waals surface area contributed by atoms with Crippen molar-refractivity contribution in [2.75, 3.05) is 32.7 Å². The van der Waals surface area contributed by atoms with Crippen LogP contribution in [-0.4, -0.2) is 80.5 Å². The summed E-state index contributed by atoms with van der Waals surface area (Å²) < 4.78 is 0. The maximum atomic E-state index is 12.7. The lowest BCUT2D eigenvalue weighted by atomic mass is 9.88. The second kappa shape index (κ2) is 11.5. The lowest BCUT2D eigenvalue weighted by Gasteiger charge is -2.35. The van der Waals surface area contributed by atoms with Gasteiger partial charge >= 0.3 is 0 Å². The van der Waals surface area contributed by atoms with Crippen LogP contribution in [0.15, 0.2) is 29.3 Å². The molecule has 38 heavy (non-hydrogen) atoms. The van der Waals surface area contributed by atoms with Crippen LogP contribution in [-0.2, 0) is 27.3 Å². The molecule has 1 aromatic heterocycles. The Hall–Kier alpha value is -2.78. The van der Waals surface area contributed by atoms with Crippen LogP contribution >= 0.6 is 11.8 Å². The average Bonchev–Trinajstić information content (AvgIpc) is 3.33. The molecule has 4 rings (SSSR count). The largest absolute Gasteiger partial charge is 0.508 e. The molecule has 2 aliphatic rings. The number of carbonyl (C=O) groups excluding carboxylic acids is 3. The fraction of sp³-hybridized carbons (Fsp3) is 0.552. The summed E-state index contributed by atoms with van der Waals surface area (Å²) in [6, 6.07) is 3.85. The van der Waals surface area contributed by atoms with Crippen molar-refractivity contribution in [1.29, 1.82) is 0 Å². The van der Waals surface area contributed by atoms with E-state index in [0.717, 1.165) is 30.6 Å². The Morgan fingerprint density at radius 1 is 1.05 bits per heavy atom. The molecule has 8 nitrogen and oxygen atoms in total. The summed E-state index contributed by atoms with van der Waals surface area (Å²) in [5.41, 5.74) is 3.36. The van der Waals surface area contributed by atoms with Crippen molar-refractivity contribution in [1.82, 2.24) is 19.7 Å². The molecular formula is C29H40N4O4S. The van der Waals surface area contributed by atoms with Gasteiger partial charge in [-0.05, 0) is 36.0 Å². The van der Waals surface area contributed by atoms with Crippen LogP contribution in [0.25, 0.3) is 10.9 Å². The van der Waals surface area contributed by atoms with Crippen LogP contribution in [0.5, 0.6) is 5.75 Å². The molecule has 9 heteroatoms. The summed E-state index contributed by atoms with van der Waals surface area (Å²) in [4.78, 5) is 45.1. The number of imide groups is 1. The van der Waals surface area contributed by atoms with E-state index in [4.69, 9.17) is 0 Å². The number of rotatable bonds is 9. The highest BCUT2D eigenvalue weighted by molar-refractivity contribution is 7.99. The third-order valence-electron chi connectivity index (χ3n) is 6.97. The first kappa shape index (κ1) is 28.2. The topological polar surface area (TPSA) is 97.0 Å². The average molecular weight is 541 g/mol. The van der Waals surface area contributed by atoms with E-state index in [2.05, 4.69) is 44.5 Å².